The van der Waals surface area contributed by atoms with Crippen molar-refractivity contribution in [2.24, 2.45) is 0 Å². The molecule has 0 spiro atoms. The summed E-state index contributed by atoms with van der Waals surface area (Å²) in [6, 6.07) is 5.30. The summed E-state index contributed by atoms with van der Waals surface area (Å²) in [5.74, 6) is 1.13. The molecule has 1 N–H and O–H groups in total. The highest BCUT2D eigenvalue weighted by atomic mass is 16.5. The van der Waals surface area contributed by atoms with Gasteiger partial charge < -0.3 is 14.4 Å². The van der Waals surface area contributed by atoms with E-state index < -0.39 is 0 Å². The quantitative estimate of drug-likeness (QED) is 0.918. The van der Waals surface area contributed by atoms with Crippen LogP contribution in [0.25, 0.3) is 11.5 Å². The first-order valence-corrected chi connectivity index (χ1v) is 6.46. The zero-order valence-corrected chi connectivity index (χ0v) is 10.8. The van der Waals surface area contributed by atoms with Crippen LogP contribution in [-0.2, 0) is 11.2 Å². The highest BCUT2D eigenvalue weighted by Gasteiger charge is 2.20. The number of benzene rings is 1. The Labute approximate surface area is 111 Å². The monoisotopic (exact) mass is 260 g/mol. The number of phenols is 1. The number of aryl methyl sites for hydroxylation is 1. The van der Waals surface area contributed by atoms with Gasteiger partial charge in [0, 0.05) is 13.0 Å². The first kappa shape index (κ1) is 12.2. The fourth-order valence-corrected chi connectivity index (χ4v) is 2.28. The number of aromatic hydroxyl groups is 1. The largest absolute Gasteiger partial charge is 0.507 e. The molecule has 1 atom stereocenters. The van der Waals surface area contributed by atoms with Gasteiger partial charge in [-0.05, 0) is 31.9 Å². The Morgan fingerprint density at radius 3 is 3.11 bits per heavy atom. The first-order chi connectivity index (χ1) is 9.22. The smallest absolute Gasteiger partial charge is 0.261 e. The molecule has 100 valence electrons. The normalized spacial score (nSPS) is 18.9. The molecule has 0 amide bonds. The maximum absolute atomic E-state index is 9.83. The van der Waals surface area contributed by atoms with Crippen LogP contribution in [0.3, 0.4) is 0 Å². The molecular formula is C14H16N2O3. The Kier molecular flexibility index (Phi) is 3.21. The van der Waals surface area contributed by atoms with Crippen molar-refractivity contribution in [1.29, 1.82) is 0 Å². The minimum atomic E-state index is 0.151. The average Bonchev–Trinajstić information content (AvgIpc) is 3.04. The first-order valence-electron chi connectivity index (χ1n) is 6.46. The van der Waals surface area contributed by atoms with Crippen LogP contribution in [0.1, 0.15) is 24.2 Å². The number of hydrogen-bond acceptors (Lipinski definition) is 5. The molecule has 1 aromatic carbocycles. The molecule has 1 aliphatic rings. The topological polar surface area (TPSA) is 68.4 Å². The van der Waals surface area contributed by atoms with Crippen molar-refractivity contribution >= 4 is 0 Å². The number of aromatic nitrogens is 2. The van der Waals surface area contributed by atoms with E-state index in [4.69, 9.17) is 9.26 Å². The van der Waals surface area contributed by atoms with E-state index in [1.54, 1.807) is 6.07 Å². The summed E-state index contributed by atoms with van der Waals surface area (Å²) in [4.78, 5) is 4.33. The van der Waals surface area contributed by atoms with E-state index in [1.807, 2.05) is 19.1 Å². The van der Waals surface area contributed by atoms with Gasteiger partial charge in [-0.15, -0.1) is 0 Å². The van der Waals surface area contributed by atoms with E-state index in [0.29, 0.717) is 23.7 Å². The lowest BCUT2D eigenvalue weighted by molar-refractivity contribution is 0.109. The van der Waals surface area contributed by atoms with Crippen molar-refractivity contribution < 1.29 is 14.4 Å². The van der Waals surface area contributed by atoms with E-state index in [9.17, 15) is 5.11 Å². The van der Waals surface area contributed by atoms with Crippen LogP contribution in [0.5, 0.6) is 5.75 Å². The number of hydrogen-bond donors (Lipinski definition) is 1. The molecule has 1 aliphatic heterocycles. The van der Waals surface area contributed by atoms with Gasteiger partial charge in [0.25, 0.3) is 5.89 Å². The van der Waals surface area contributed by atoms with Crippen molar-refractivity contribution in [3.8, 4) is 17.2 Å². The molecule has 1 unspecified atom stereocenters. The van der Waals surface area contributed by atoms with Gasteiger partial charge in [-0.2, -0.15) is 4.98 Å². The van der Waals surface area contributed by atoms with Crippen molar-refractivity contribution in [3.63, 3.8) is 0 Å². The Balaban J connectivity index is 1.82. The zero-order chi connectivity index (χ0) is 13.2. The Morgan fingerprint density at radius 2 is 2.32 bits per heavy atom. The summed E-state index contributed by atoms with van der Waals surface area (Å²) in [6.45, 7) is 2.76. The van der Waals surface area contributed by atoms with Crippen LogP contribution in [0.2, 0.25) is 0 Å². The van der Waals surface area contributed by atoms with Crippen LogP contribution >= 0.6 is 0 Å². The van der Waals surface area contributed by atoms with Crippen molar-refractivity contribution in [3.05, 3.63) is 29.6 Å². The van der Waals surface area contributed by atoms with E-state index >= 15 is 0 Å². The summed E-state index contributed by atoms with van der Waals surface area (Å²) in [5, 5.41) is 13.8. The van der Waals surface area contributed by atoms with Gasteiger partial charge in [0.1, 0.15) is 5.75 Å². The highest BCUT2D eigenvalue weighted by Crippen LogP contribution is 2.29. The minimum absolute atomic E-state index is 0.151. The van der Waals surface area contributed by atoms with Crippen molar-refractivity contribution in [2.75, 3.05) is 6.61 Å². The van der Waals surface area contributed by atoms with Gasteiger partial charge in [-0.3, -0.25) is 0 Å². The molecule has 1 saturated heterocycles. The standard InChI is InChI=1S/C14H16N2O3/c1-9-4-5-12(17)11(7-9)14-15-13(16-19-14)8-10-3-2-6-18-10/h4-5,7,10,17H,2-3,6,8H2,1H3. The van der Waals surface area contributed by atoms with E-state index in [0.717, 1.165) is 25.0 Å². The number of rotatable bonds is 3. The minimum Gasteiger partial charge on any atom is -0.507 e. The van der Waals surface area contributed by atoms with E-state index in [-0.39, 0.29) is 11.9 Å². The summed E-state index contributed by atoms with van der Waals surface area (Å²) < 4.78 is 10.8. The van der Waals surface area contributed by atoms with Gasteiger partial charge in [-0.25, -0.2) is 0 Å². The lowest BCUT2D eigenvalue weighted by Gasteiger charge is -2.04. The number of ether oxygens (including phenoxy) is 1. The summed E-state index contributed by atoms with van der Waals surface area (Å²) in [6.07, 6.45) is 2.99. The molecule has 2 aromatic rings. The fraction of sp³-hybridized carbons (Fsp3) is 0.429. The summed E-state index contributed by atoms with van der Waals surface area (Å²) >= 11 is 0. The second kappa shape index (κ2) is 5.01. The molecule has 5 heteroatoms. The van der Waals surface area contributed by atoms with Crippen molar-refractivity contribution in [1.82, 2.24) is 10.1 Å². The zero-order valence-electron chi connectivity index (χ0n) is 10.8. The second-order valence-corrected chi connectivity index (χ2v) is 4.88. The molecule has 1 fully saturated rings. The third-order valence-corrected chi connectivity index (χ3v) is 3.28. The van der Waals surface area contributed by atoms with Crippen LogP contribution < -0.4 is 0 Å². The maximum atomic E-state index is 9.83. The average molecular weight is 260 g/mol. The lowest BCUT2D eigenvalue weighted by Crippen LogP contribution is -2.09. The van der Waals surface area contributed by atoms with Gasteiger partial charge in [0.15, 0.2) is 5.82 Å². The molecule has 2 heterocycles. The van der Waals surface area contributed by atoms with Crippen LogP contribution in [0.15, 0.2) is 22.7 Å². The van der Waals surface area contributed by atoms with Crippen LogP contribution in [-0.4, -0.2) is 28.0 Å². The summed E-state index contributed by atoms with van der Waals surface area (Å²) in [7, 11) is 0. The van der Waals surface area contributed by atoms with E-state index in [1.165, 1.54) is 0 Å². The Bertz CT molecular complexity index is 574. The molecule has 3 rings (SSSR count). The molecule has 0 radical (unpaired) electrons. The Hall–Kier alpha value is -1.88. The van der Waals surface area contributed by atoms with Gasteiger partial charge in [0.05, 0.1) is 11.7 Å². The summed E-state index contributed by atoms with van der Waals surface area (Å²) in [5.41, 5.74) is 1.61. The Morgan fingerprint density at radius 1 is 1.42 bits per heavy atom. The predicted octanol–water partition coefficient (Wildman–Crippen LogP) is 2.47. The van der Waals surface area contributed by atoms with Gasteiger partial charge >= 0.3 is 0 Å². The van der Waals surface area contributed by atoms with E-state index in [2.05, 4.69) is 10.1 Å². The third kappa shape index (κ3) is 2.61. The molecule has 19 heavy (non-hydrogen) atoms. The molecule has 1 aromatic heterocycles. The number of phenolic OH excluding ortho intramolecular Hbond substituents is 1. The SMILES string of the molecule is Cc1ccc(O)c(-c2nc(CC3CCCO3)no2)c1. The highest BCUT2D eigenvalue weighted by molar-refractivity contribution is 5.62. The molecular weight excluding hydrogens is 244 g/mol. The molecule has 0 aliphatic carbocycles. The third-order valence-electron chi connectivity index (χ3n) is 3.28. The number of nitrogens with zero attached hydrogens (tertiary/aromatic N) is 2. The van der Waals surface area contributed by atoms with Crippen LogP contribution in [0, 0.1) is 6.92 Å². The lowest BCUT2D eigenvalue weighted by atomic mass is 10.1. The second-order valence-electron chi connectivity index (χ2n) is 4.88. The maximum Gasteiger partial charge on any atom is 0.261 e. The van der Waals surface area contributed by atoms with Crippen molar-refractivity contribution in [2.45, 2.75) is 32.3 Å². The van der Waals surface area contributed by atoms with Crippen LogP contribution in [0.4, 0.5) is 0 Å². The fourth-order valence-electron chi connectivity index (χ4n) is 2.28. The molecule has 5 nitrogen and oxygen atoms in total. The predicted molar refractivity (Wildman–Crippen MR) is 68.8 cm³/mol. The molecule has 0 bridgehead atoms. The molecule has 0 saturated carbocycles. The van der Waals surface area contributed by atoms with Gasteiger partial charge in [-0.1, -0.05) is 16.8 Å². The van der Waals surface area contributed by atoms with Gasteiger partial charge in [0.2, 0.25) is 0 Å².